The van der Waals surface area contributed by atoms with Crippen molar-refractivity contribution >= 4 is 0 Å². The van der Waals surface area contributed by atoms with Crippen LogP contribution in [-0.4, -0.2) is 0 Å². The van der Waals surface area contributed by atoms with Crippen molar-refractivity contribution in [2.75, 3.05) is 0 Å². The number of benzene rings is 2. The summed E-state index contributed by atoms with van der Waals surface area (Å²) in [6.07, 6.45) is 12.6. The van der Waals surface area contributed by atoms with Gasteiger partial charge in [0, 0.05) is 5.41 Å². The molecule has 2 aromatic rings. The van der Waals surface area contributed by atoms with Crippen molar-refractivity contribution in [1.29, 1.82) is 0 Å². The topological polar surface area (TPSA) is 0 Å². The molecular formula is C26H36. The van der Waals surface area contributed by atoms with E-state index in [1.165, 1.54) is 62.5 Å². The summed E-state index contributed by atoms with van der Waals surface area (Å²) >= 11 is 0. The van der Waals surface area contributed by atoms with Crippen LogP contribution in [0.2, 0.25) is 0 Å². The summed E-state index contributed by atoms with van der Waals surface area (Å²) < 4.78 is 0. The van der Waals surface area contributed by atoms with Crippen LogP contribution in [0.15, 0.2) is 73.3 Å². The number of hydrogen-bond donors (Lipinski definition) is 0. The quantitative estimate of drug-likeness (QED) is 0.270. The van der Waals surface area contributed by atoms with Crippen LogP contribution in [0.25, 0.3) is 0 Å². The highest BCUT2D eigenvalue weighted by atomic mass is 14.3. The second-order valence-electron chi connectivity index (χ2n) is 7.77. The summed E-state index contributed by atoms with van der Waals surface area (Å²) in [4.78, 5) is 0. The number of rotatable bonds is 12. The molecule has 0 aromatic heterocycles. The molecule has 0 saturated heterocycles. The van der Waals surface area contributed by atoms with Gasteiger partial charge in [0.05, 0.1) is 0 Å². The average Bonchev–Trinajstić information content (AvgIpc) is 2.71. The first-order valence-corrected chi connectivity index (χ1v) is 10.4. The lowest BCUT2D eigenvalue weighted by Gasteiger charge is -2.31. The normalized spacial score (nSPS) is 12.7. The zero-order valence-corrected chi connectivity index (χ0v) is 16.8. The van der Waals surface area contributed by atoms with E-state index in [-0.39, 0.29) is 5.41 Å². The van der Waals surface area contributed by atoms with Gasteiger partial charge in [0.15, 0.2) is 0 Å². The molecule has 0 fully saturated rings. The molecule has 0 spiro atoms. The maximum Gasteiger partial charge on any atom is 0.0174 e. The molecule has 0 aliphatic rings. The van der Waals surface area contributed by atoms with Crippen LogP contribution in [0, 0.1) is 5.92 Å². The molecular weight excluding hydrogens is 312 g/mol. The van der Waals surface area contributed by atoms with Crippen molar-refractivity contribution in [3.63, 3.8) is 0 Å². The first kappa shape index (κ1) is 20.5. The zero-order valence-electron chi connectivity index (χ0n) is 16.8. The zero-order chi connectivity index (χ0) is 18.7. The lowest BCUT2D eigenvalue weighted by Crippen LogP contribution is -2.23. The molecule has 0 heteroatoms. The monoisotopic (exact) mass is 348 g/mol. The fourth-order valence-corrected chi connectivity index (χ4v) is 3.97. The van der Waals surface area contributed by atoms with Gasteiger partial charge in [0.2, 0.25) is 0 Å². The van der Waals surface area contributed by atoms with E-state index in [0.29, 0.717) is 0 Å². The summed E-state index contributed by atoms with van der Waals surface area (Å²) in [5.74, 6) is 0.717. The van der Waals surface area contributed by atoms with Gasteiger partial charge in [-0.3, -0.25) is 0 Å². The third kappa shape index (κ3) is 5.87. The Kier molecular flexibility index (Phi) is 8.68. The van der Waals surface area contributed by atoms with Crippen molar-refractivity contribution in [3.05, 3.63) is 84.4 Å². The van der Waals surface area contributed by atoms with Gasteiger partial charge in [-0.25, -0.2) is 0 Å². The first-order chi connectivity index (χ1) is 12.7. The van der Waals surface area contributed by atoms with Crippen molar-refractivity contribution in [3.8, 4) is 0 Å². The minimum Gasteiger partial charge on any atom is -0.103 e. The van der Waals surface area contributed by atoms with Crippen molar-refractivity contribution in [1.82, 2.24) is 0 Å². The van der Waals surface area contributed by atoms with Gasteiger partial charge < -0.3 is 0 Å². The summed E-state index contributed by atoms with van der Waals surface area (Å²) in [5, 5.41) is 0. The Morgan fingerprint density at radius 1 is 0.808 bits per heavy atom. The average molecular weight is 349 g/mol. The number of unbranched alkanes of at least 4 members (excludes halogenated alkanes) is 4. The third-order valence-electron chi connectivity index (χ3n) is 5.93. The Bertz CT molecular complexity index is 572. The second kappa shape index (κ2) is 11.0. The summed E-state index contributed by atoms with van der Waals surface area (Å²) in [5.41, 5.74) is 2.98. The molecule has 0 bridgehead atoms. The lowest BCUT2D eigenvalue weighted by molar-refractivity contribution is 0.462. The Hall–Kier alpha value is -1.82. The maximum absolute atomic E-state index is 3.94. The molecule has 1 atom stereocenters. The van der Waals surface area contributed by atoms with E-state index in [2.05, 4.69) is 87.2 Å². The summed E-state index contributed by atoms with van der Waals surface area (Å²) in [6.45, 7) is 8.62. The molecule has 26 heavy (non-hydrogen) atoms. The summed E-state index contributed by atoms with van der Waals surface area (Å²) in [6, 6.07) is 22.0. The fraction of sp³-hybridized carbons (Fsp3) is 0.462. The lowest BCUT2D eigenvalue weighted by atomic mass is 9.72. The maximum atomic E-state index is 3.94. The highest BCUT2D eigenvalue weighted by Gasteiger charge is 2.27. The molecule has 0 saturated carbocycles. The molecule has 140 valence electrons. The first-order valence-electron chi connectivity index (χ1n) is 10.4. The third-order valence-corrected chi connectivity index (χ3v) is 5.93. The Morgan fingerprint density at radius 2 is 1.31 bits per heavy atom. The van der Waals surface area contributed by atoms with E-state index in [4.69, 9.17) is 0 Å². The van der Waals surface area contributed by atoms with Gasteiger partial charge in [-0.1, -0.05) is 113 Å². The highest BCUT2D eigenvalue weighted by Crippen LogP contribution is 2.36. The van der Waals surface area contributed by atoms with E-state index in [9.17, 15) is 0 Å². The molecule has 0 heterocycles. The van der Waals surface area contributed by atoms with E-state index < -0.39 is 0 Å². The molecule has 1 unspecified atom stereocenters. The highest BCUT2D eigenvalue weighted by molar-refractivity contribution is 5.38. The van der Waals surface area contributed by atoms with E-state index in [1.54, 1.807) is 0 Å². The molecule has 0 N–H and O–H groups in total. The molecule has 0 radical (unpaired) electrons. The molecule has 0 aliphatic heterocycles. The molecule has 0 nitrogen and oxygen atoms in total. The van der Waals surface area contributed by atoms with Crippen LogP contribution in [0.1, 0.15) is 76.3 Å². The Labute approximate surface area is 161 Å². The van der Waals surface area contributed by atoms with Crippen LogP contribution in [-0.2, 0) is 5.41 Å². The van der Waals surface area contributed by atoms with Crippen molar-refractivity contribution in [2.45, 2.75) is 70.6 Å². The van der Waals surface area contributed by atoms with Crippen molar-refractivity contribution in [2.24, 2.45) is 5.92 Å². The van der Waals surface area contributed by atoms with E-state index in [1.807, 2.05) is 0 Å². The van der Waals surface area contributed by atoms with Gasteiger partial charge in [-0.15, -0.1) is 6.58 Å². The van der Waals surface area contributed by atoms with E-state index in [0.717, 1.165) is 5.92 Å². The Morgan fingerprint density at radius 3 is 1.81 bits per heavy atom. The minimum absolute atomic E-state index is 0.110. The van der Waals surface area contributed by atoms with Gasteiger partial charge in [-0.05, 0) is 36.3 Å². The van der Waals surface area contributed by atoms with Crippen LogP contribution >= 0.6 is 0 Å². The van der Waals surface area contributed by atoms with Crippen molar-refractivity contribution < 1.29 is 0 Å². The van der Waals surface area contributed by atoms with Crippen LogP contribution in [0.5, 0.6) is 0 Å². The SMILES string of the molecule is C=CC(CC)CCCCCCCC(C)(c1ccccc1)c1ccccc1. The Balaban J connectivity index is 1.86. The molecule has 2 aromatic carbocycles. The van der Waals surface area contributed by atoms with E-state index >= 15 is 0 Å². The number of allylic oxidation sites excluding steroid dienone is 1. The smallest absolute Gasteiger partial charge is 0.0174 e. The minimum atomic E-state index is 0.110. The molecule has 2 rings (SSSR count). The fourth-order valence-electron chi connectivity index (χ4n) is 3.97. The second-order valence-corrected chi connectivity index (χ2v) is 7.77. The van der Waals surface area contributed by atoms with Gasteiger partial charge >= 0.3 is 0 Å². The predicted molar refractivity (Wildman–Crippen MR) is 116 cm³/mol. The predicted octanol–water partition coefficient (Wildman–Crippen LogP) is 7.94. The largest absolute Gasteiger partial charge is 0.103 e. The van der Waals surface area contributed by atoms with Crippen LogP contribution in [0.4, 0.5) is 0 Å². The number of hydrogen-bond acceptors (Lipinski definition) is 0. The van der Waals surface area contributed by atoms with Crippen LogP contribution in [0.3, 0.4) is 0 Å². The van der Waals surface area contributed by atoms with Gasteiger partial charge in [-0.2, -0.15) is 0 Å². The molecule has 0 aliphatic carbocycles. The molecule has 0 amide bonds. The van der Waals surface area contributed by atoms with Gasteiger partial charge in [0.1, 0.15) is 0 Å². The summed E-state index contributed by atoms with van der Waals surface area (Å²) in [7, 11) is 0. The van der Waals surface area contributed by atoms with Crippen LogP contribution < -0.4 is 0 Å². The standard InChI is InChI=1S/C26H36/c1-4-23(5-2)17-11-7-6-8-16-22-26(3,24-18-12-9-13-19-24)25-20-14-10-15-21-25/h4,9-10,12-15,18-21,23H,1,5-8,11,16-17,22H2,2-3H3. The van der Waals surface area contributed by atoms with Gasteiger partial charge in [0.25, 0.3) is 0 Å².